The van der Waals surface area contributed by atoms with Crippen molar-refractivity contribution in [3.63, 3.8) is 0 Å². The Bertz CT molecular complexity index is 712. The van der Waals surface area contributed by atoms with Gasteiger partial charge in [0.05, 0.1) is 0 Å². The highest BCUT2D eigenvalue weighted by Crippen LogP contribution is 2.19. The minimum Gasteiger partial charge on any atom is -0.383 e. The Balaban J connectivity index is 1.63. The third-order valence-corrected chi connectivity index (χ3v) is 7.62. The van der Waals surface area contributed by atoms with E-state index < -0.39 is 0 Å². The molecule has 0 saturated carbocycles. The maximum atomic E-state index is 3.69. The molecule has 0 aliphatic rings. The van der Waals surface area contributed by atoms with Crippen LogP contribution in [0.4, 0.5) is 11.4 Å². The number of benzene rings is 2. The summed E-state index contributed by atoms with van der Waals surface area (Å²) in [6.07, 6.45) is 22.8. The molecule has 0 fully saturated rings. The van der Waals surface area contributed by atoms with Crippen molar-refractivity contribution < 1.29 is 0 Å². The standard InChI is InChI=1S/C35H58N2/c1-5-7-9-11-13-15-17-19-30(3)36-34-25-21-32(22-26-34)29-33-23-27-35(28-24-33)37-31(4)20-18-16-14-12-10-8-6-2/h21-28,30-31,36-37H,5-20,29H2,1-4H3. The van der Waals surface area contributed by atoms with Crippen molar-refractivity contribution in [1.82, 2.24) is 0 Å². The fraction of sp³-hybridized carbons (Fsp3) is 0.657. The van der Waals surface area contributed by atoms with E-state index in [0.29, 0.717) is 12.1 Å². The normalized spacial score (nSPS) is 12.9. The Kier molecular flexibility index (Phi) is 16.9. The van der Waals surface area contributed by atoms with E-state index in [9.17, 15) is 0 Å². The monoisotopic (exact) mass is 506 g/mol. The number of unbranched alkanes of at least 4 members (excludes halogenated alkanes) is 12. The first-order chi connectivity index (χ1) is 18.1. The van der Waals surface area contributed by atoms with Crippen LogP contribution in [0.2, 0.25) is 0 Å². The molecular weight excluding hydrogens is 448 g/mol. The maximum absolute atomic E-state index is 3.69. The molecule has 0 aliphatic carbocycles. The predicted octanol–water partition coefficient (Wildman–Crippen LogP) is 11.2. The largest absolute Gasteiger partial charge is 0.383 e. The van der Waals surface area contributed by atoms with Crippen LogP contribution in [0, 0.1) is 0 Å². The van der Waals surface area contributed by atoms with Crippen LogP contribution in [-0.4, -0.2) is 12.1 Å². The summed E-state index contributed by atoms with van der Waals surface area (Å²) in [6.45, 7) is 9.20. The smallest absolute Gasteiger partial charge is 0.0342 e. The molecule has 2 N–H and O–H groups in total. The van der Waals surface area contributed by atoms with Crippen LogP contribution in [0.5, 0.6) is 0 Å². The Labute approximate surface area is 230 Å². The SMILES string of the molecule is CCCCCCCCCC(C)Nc1ccc(Cc2ccc(NC(C)CCCCCCCCC)cc2)cc1. The number of rotatable bonds is 22. The van der Waals surface area contributed by atoms with Crippen LogP contribution in [0.1, 0.15) is 142 Å². The summed E-state index contributed by atoms with van der Waals surface area (Å²) in [5, 5.41) is 7.38. The van der Waals surface area contributed by atoms with Crippen molar-refractivity contribution in [2.45, 2.75) is 149 Å². The summed E-state index contributed by atoms with van der Waals surface area (Å²) in [7, 11) is 0. The van der Waals surface area contributed by atoms with E-state index in [2.05, 4.69) is 86.9 Å². The van der Waals surface area contributed by atoms with Crippen LogP contribution in [-0.2, 0) is 6.42 Å². The van der Waals surface area contributed by atoms with Gasteiger partial charge in [0.25, 0.3) is 0 Å². The van der Waals surface area contributed by atoms with E-state index >= 15 is 0 Å². The maximum Gasteiger partial charge on any atom is 0.0342 e. The van der Waals surface area contributed by atoms with Crippen LogP contribution in [0.3, 0.4) is 0 Å². The quantitative estimate of drug-likeness (QED) is 0.155. The fourth-order valence-corrected chi connectivity index (χ4v) is 5.20. The summed E-state index contributed by atoms with van der Waals surface area (Å²) in [5.41, 5.74) is 5.24. The molecule has 0 aliphatic heterocycles. The van der Waals surface area contributed by atoms with E-state index in [0.717, 1.165) is 6.42 Å². The fourth-order valence-electron chi connectivity index (χ4n) is 5.20. The molecule has 37 heavy (non-hydrogen) atoms. The van der Waals surface area contributed by atoms with Gasteiger partial charge in [-0.15, -0.1) is 0 Å². The van der Waals surface area contributed by atoms with Gasteiger partial charge < -0.3 is 10.6 Å². The summed E-state index contributed by atoms with van der Waals surface area (Å²) in [5.74, 6) is 0. The molecular formula is C35H58N2. The number of anilines is 2. The van der Waals surface area contributed by atoms with Crippen molar-refractivity contribution in [3.8, 4) is 0 Å². The van der Waals surface area contributed by atoms with Gasteiger partial charge in [-0.25, -0.2) is 0 Å². The van der Waals surface area contributed by atoms with Crippen LogP contribution < -0.4 is 10.6 Å². The Morgan fingerprint density at radius 1 is 0.459 bits per heavy atom. The van der Waals surface area contributed by atoms with E-state index in [-0.39, 0.29) is 0 Å². The molecule has 2 unspecified atom stereocenters. The van der Waals surface area contributed by atoms with Gasteiger partial charge in [0, 0.05) is 23.5 Å². The molecule has 2 rings (SSSR count). The van der Waals surface area contributed by atoms with Gasteiger partial charge in [0.15, 0.2) is 0 Å². The molecule has 0 bridgehead atoms. The first kappa shape index (κ1) is 31.3. The second kappa shape index (κ2) is 20.1. The lowest BCUT2D eigenvalue weighted by Gasteiger charge is -2.16. The zero-order chi connectivity index (χ0) is 26.6. The van der Waals surface area contributed by atoms with Crippen molar-refractivity contribution in [3.05, 3.63) is 59.7 Å². The van der Waals surface area contributed by atoms with Gasteiger partial charge in [-0.1, -0.05) is 128 Å². The lowest BCUT2D eigenvalue weighted by atomic mass is 10.0. The molecule has 0 spiro atoms. The third-order valence-electron chi connectivity index (χ3n) is 7.62. The Hall–Kier alpha value is -1.96. The highest BCUT2D eigenvalue weighted by molar-refractivity contribution is 5.48. The summed E-state index contributed by atoms with van der Waals surface area (Å²) in [6, 6.07) is 19.2. The molecule has 0 amide bonds. The lowest BCUT2D eigenvalue weighted by molar-refractivity contribution is 0.557. The minimum atomic E-state index is 0.537. The molecule has 0 radical (unpaired) electrons. The average Bonchev–Trinajstić information content (AvgIpc) is 2.90. The summed E-state index contributed by atoms with van der Waals surface area (Å²) >= 11 is 0. The second-order valence-corrected chi connectivity index (χ2v) is 11.5. The van der Waals surface area contributed by atoms with Crippen LogP contribution in [0.25, 0.3) is 0 Å². The first-order valence-corrected chi connectivity index (χ1v) is 15.8. The molecule has 208 valence electrons. The van der Waals surface area contributed by atoms with E-state index in [1.165, 1.54) is 125 Å². The van der Waals surface area contributed by atoms with Crippen molar-refractivity contribution in [2.75, 3.05) is 10.6 Å². The minimum absolute atomic E-state index is 0.537. The topological polar surface area (TPSA) is 24.1 Å². The molecule has 0 saturated heterocycles. The number of nitrogens with one attached hydrogen (secondary N) is 2. The Morgan fingerprint density at radius 2 is 0.784 bits per heavy atom. The van der Waals surface area contributed by atoms with Gasteiger partial charge in [0.2, 0.25) is 0 Å². The van der Waals surface area contributed by atoms with E-state index in [4.69, 9.17) is 0 Å². The van der Waals surface area contributed by atoms with Crippen molar-refractivity contribution in [1.29, 1.82) is 0 Å². The molecule has 2 aromatic carbocycles. The lowest BCUT2D eigenvalue weighted by Crippen LogP contribution is -2.14. The van der Waals surface area contributed by atoms with Gasteiger partial charge >= 0.3 is 0 Å². The van der Waals surface area contributed by atoms with Gasteiger partial charge in [0.1, 0.15) is 0 Å². The Morgan fingerprint density at radius 3 is 1.14 bits per heavy atom. The van der Waals surface area contributed by atoms with E-state index in [1.807, 2.05) is 0 Å². The highest BCUT2D eigenvalue weighted by atomic mass is 14.9. The third kappa shape index (κ3) is 15.1. The zero-order valence-electron chi connectivity index (χ0n) is 24.8. The van der Waals surface area contributed by atoms with Crippen molar-refractivity contribution >= 4 is 11.4 Å². The molecule has 0 aromatic heterocycles. The molecule has 2 aromatic rings. The van der Waals surface area contributed by atoms with Gasteiger partial charge in [-0.3, -0.25) is 0 Å². The first-order valence-electron chi connectivity index (χ1n) is 15.8. The molecule has 2 atom stereocenters. The molecule has 0 heterocycles. The molecule has 2 nitrogen and oxygen atoms in total. The van der Waals surface area contributed by atoms with Gasteiger partial charge in [-0.2, -0.15) is 0 Å². The van der Waals surface area contributed by atoms with Gasteiger partial charge in [-0.05, 0) is 68.5 Å². The van der Waals surface area contributed by atoms with Crippen LogP contribution in [0.15, 0.2) is 48.5 Å². The average molecular weight is 507 g/mol. The number of hydrogen-bond acceptors (Lipinski definition) is 2. The summed E-state index contributed by atoms with van der Waals surface area (Å²) < 4.78 is 0. The highest BCUT2D eigenvalue weighted by Gasteiger charge is 2.05. The van der Waals surface area contributed by atoms with E-state index in [1.54, 1.807) is 0 Å². The number of hydrogen-bond donors (Lipinski definition) is 2. The zero-order valence-corrected chi connectivity index (χ0v) is 24.8. The van der Waals surface area contributed by atoms with Crippen LogP contribution >= 0.6 is 0 Å². The van der Waals surface area contributed by atoms with Crippen molar-refractivity contribution in [2.24, 2.45) is 0 Å². The molecule has 2 heteroatoms. The summed E-state index contributed by atoms with van der Waals surface area (Å²) in [4.78, 5) is 0. The second-order valence-electron chi connectivity index (χ2n) is 11.5. The predicted molar refractivity (Wildman–Crippen MR) is 167 cm³/mol.